The van der Waals surface area contributed by atoms with Crippen LogP contribution >= 0.6 is 0 Å². The average molecular weight is 417 g/mol. The fraction of sp³-hybridized carbons (Fsp3) is 0.778. The molecule has 3 saturated carbocycles. The molecule has 0 radical (unpaired) electrons. The van der Waals surface area contributed by atoms with Gasteiger partial charge in [-0.2, -0.15) is 0 Å². The molecule has 0 amide bonds. The van der Waals surface area contributed by atoms with Gasteiger partial charge in [0.2, 0.25) is 0 Å². The summed E-state index contributed by atoms with van der Waals surface area (Å²) in [5.41, 5.74) is 3.49. The monoisotopic (exact) mass is 416 g/mol. The first-order valence-electron chi connectivity index (χ1n) is 12.2. The minimum absolute atomic E-state index is 0.219. The fourth-order valence-corrected chi connectivity index (χ4v) is 6.86. The molecule has 0 spiro atoms. The largest absolute Gasteiger partial charge is 0.393 e. The van der Waals surface area contributed by atoms with Crippen molar-refractivity contribution in [3.63, 3.8) is 0 Å². The van der Waals surface area contributed by atoms with Crippen LogP contribution in [0, 0.1) is 23.2 Å². The molecule has 0 unspecified atom stereocenters. The zero-order valence-corrected chi connectivity index (χ0v) is 19.7. The fourth-order valence-electron chi connectivity index (χ4n) is 6.86. The SMILES string of the molecule is C=C1CC[C@@H](O)C/C1=C/C=C1/CCC[C@]2(C)[C@@H]([C@H](C)C[C@@H](O)CC(C)(C)O)CC[C@@H]12. The van der Waals surface area contributed by atoms with E-state index in [-0.39, 0.29) is 6.10 Å². The quantitative estimate of drug-likeness (QED) is 0.520. The number of fused-ring (bicyclic) bond motifs is 1. The molecule has 0 aliphatic heterocycles. The Balaban J connectivity index is 1.71. The van der Waals surface area contributed by atoms with Gasteiger partial charge in [-0.25, -0.2) is 0 Å². The first-order chi connectivity index (χ1) is 14.0. The van der Waals surface area contributed by atoms with E-state index in [0.717, 1.165) is 25.7 Å². The van der Waals surface area contributed by atoms with Crippen molar-refractivity contribution in [3.05, 3.63) is 35.5 Å². The predicted molar refractivity (Wildman–Crippen MR) is 124 cm³/mol. The van der Waals surface area contributed by atoms with E-state index in [1.165, 1.54) is 43.3 Å². The highest BCUT2D eigenvalue weighted by molar-refractivity contribution is 5.36. The lowest BCUT2D eigenvalue weighted by molar-refractivity contribution is 0.000134. The van der Waals surface area contributed by atoms with Gasteiger partial charge in [0.1, 0.15) is 0 Å². The van der Waals surface area contributed by atoms with Gasteiger partial charge in [-0.15, -0.1) is 0 Å². The Morgan fingerprint density at radius 1 is 1.20 bits per heavy atom. The van der Waals surface area contributed by atoms with Crippen LogP contribution in [0.3, 0.4) is 0 Å². The van der Waals surface area contributed by atoms with Crippen molar-refractivity contribution in [2.75, 3.05) is 0 Å². The van der Waals surface area contributed by atoms with Gasteiger partial charge in [-0.1, -0.05) is 43.7 Å². The topological polar surface area (TPSA) is 60.7 Å². The third-order valence-corrected chi connectivity index (χ3v) is 8.29. The maximum Gasteiger partial charge on any atom is 0.0616 e. The highest BCUT2D eigenvalue weighted by Crippen LogP contribution is 2.60. The van der Waals surface area contributed by atoms with Gasteiger partial charge in [0, 0.05) is 6.42 Å². The zero-order valence-electron chi connectivity index (χ0n) is 19.7. The van der Waals surface area contributed by atoms with Crippen molar-refractivity contribution in [1.82, 2.24) is 0 Å². The Labute approximate surface area is 184 Å². The van der Waals surface area contributed by atoms with Crippen LogP contribution in [-0.4, -0.2) is 33.1 Å². The van der Waals surface area contributed by atoms with Crippen molar-refractivity contribution < 1.29 is 15.3 Å². The van der Waals surface area contributed by atoms with Gasteiger partial charge >= 0.3 is 0 Å². The first-order valence-corrected chi connectivity index (χ1v) is 12.2. The van der Waals surface area contributed by atoms with Crippen molar-refractivity contribution in [2.24, 2.45) is 23.2 Å². The lowest BCUT2D eigenvalue weighted by Gasteiger charge is -2.44. The van der Waals surface area contributed by atoms with Gasteiger partial charge in [0.25, 0.3) is 0 Å². The molecule has 0 bridgehead atoms. The van der Waals surface area contributed by atoms with E-state index in [4.69, 9.17) is 0 Å². The second-order valence-corrected chi connectivity index (χ2v) is 11.4. The Morgan fingerprint density at radius 2 is 1.93 bits per heavy atom. The molecule has 3 aliphatic carbocycles. The summed E-state index contributed by atoms with van der Waals surface area (Å²) < 4.78 is 0. The molecular formula is C27H44O3. The molecule has 3 nitrogen and oxygen atoms in total. The molecule has 30 heavy (non-hydrogen) atoms. The van der Waals surface area contributed by atoms with Crippen LogP contribution < -0.4 is 0 Å². The molecule has 0 heterocycles. The Hall–Kier alpha value is -0.900. The number of allylic oxidation sites excluding steroid dienone is 4. The Morgan fingerprint density at radius 3 is 2.63 bits per heavy atom. The molecule has 3 rings (SSSR count). The molecule has 0 aromatic rings. The molecule has 0 aromatic carbocycles. The summed E-state index contributed by atoms with van der Waals surface area (Å²) in [5.74, 6) is 1.72. The zero-order chi connectivity index (χ0) is 22.1. The smallest absolute Gasteiger partial charge is 0.0616 e. The van der Waals surface area contributed by atoms with E-state index < -0.39 is 11.7 Å². The summed E-state index contributed by atoms with van der Waals surface area (Å²) in [4.78, 5) is 0. The molecule has 3 N–H and O–H groups in total. The summed E-state index contributed by atoms with van der Waals surface area (Å²) >= 11 is 0. The normalized spacial score (nSPS) is 37.4. The number of aliphatic hydroxyl groups is 3. The van der Waals surface area contributed by atoms with Gasteiger partial charge in [0.15, 0.2) is 0 Å². The van der Waals surface area contributed by atoms with E-state index in [9.17, 15) is 15.3 Å². The second kappa shape index (κ2) is 9.30. The molecule has 170 valence electrons. The molecule has 0 aromatic heterocycles. The van der Waals surface area contributed by atoms with Crippen LogP contribution in [0.25, 0.3) is 0 Å². The summed E-state index contributed by atoms with van der Waals surface area (Å²) in [7, 11) is 0. The molecular weight excluding hydrogens is 372 g/mol. The van der Waals surface area contributed by atoms with E-state index in [0.29, 0.717) is 29.6 Å². The van der Waals surface area contributed by atoms with Gasteiger partial charge < -0.3 is 15.3 Å². The van der Waals surface area contributed by atoms with E-state index in [1.54, 1.807) is 19.4 Å². The maximum atomic E-state index is 10.5. The van der Waals surface area contributed by atoms with Crippen molar-refractivity contribution >= 4 is 0 Å². The third-order valence-electron chi connectivity index (χ3n) is 8.29. The van der Waals surface area contributed by atoms with Crippen LogP contribution in [0.5, 0.6) is 0 Å². The van der Waals surface area contributed by atoms with Gasteiger partial charge in [0.05, 0.1) is 17.8 Å². The molecule has 6 atom stereocenters. The molecule has 3 fully saturated rings. The van der Waals surface area contributed by atoms with Crippen LogP contribution in [0.1, 0.15) is 91.9 Å². The van der Waals surface area contributed by atoms with E-state index in [2.05, 4.69) is 32.6 Å². The number of aliphatic hydroxyl groups excluding tert-OH is 2. The highest BCUT2D eigenvalue weighted by Gasteiger charge is 2.50. The molecule has 0 saturated heterocycles. The minimum atomic E-state index is -0.813. The number of hydrogen-bond acceptors (Lipinski definition) is 3. The van der Waals surface area contributed by atoms with E-state index in [1.807, 2.05) is 0 Å². The molecule has 3 heteroatoms. The van der Waals surface area contributed by atoms with Crippen LogP contribution in [0.2, 0.25) is 0 Å². The van der Waals surface area contributed by atoms with Crippen molar-refractivity contribution in [2.45, 2.75) is 110 Å². The minimum Gasteiger partial charge on any atom is -0.393 e. The average Bonchev–Trinajstić information content (AvgIpc) is 2.98. The van der Waals surface area contributed by atoms with Crippen LogP contribution in [-0.2, 0) is 0 Å². The summed E-state index contributed by atoms with van der Waals surface area (Å²) in [6.45, 7) is 12.6. The lowest BCUT2D eigenvalue weighted by atomic mass is 9.60. The van der Waals surface area contributed by atoms with Gasteiger partial charge in [-0.05, 0) is 100 Å². The second-order valence-electron chi connectivity index (χ2n) is 11.4. The number of hydrogen-bond donors (Lipinski definition) is 3. The standard InChI is InChI=1S/C27H44O3/c1-18-8-11-22(28)16-21(18)10-9-20-7-6-14-27(5)24(12-13-25(20)27)19(2)15-23(29)17-26(3,4)30/h9-10,19,22-25,28-30H,1,6-8,11-17H2,2-5H3/b20-9-,21-10-/t19-,22-,23-,24-,25+,27-/m1/s1. The maximum absolute atomic E-state index is 10.5. The van der Waals surface area contributed by atoms with Crippen LogP contribution in [0.4, 0.5) is 0 Å². The van der Waals surface area contributed by atoms with Crippen LogP contribution in [0.15, 0.2) is 35.5 Å². The Kier molecular flexibility index (Phi) is 7.37. The Bertz CT molecular complexity index is 683. The first kappa shape index (κ1) is 23.8. The summed E-state index contributed by atoms with van der Waals surface area (Å²) in [5, 5.41) is 30.6. The van der Waals surface area contributed by atoms with Gasteiger partial charge in [-0.3, -0.25) is 0 Å². The van der Waals surface area contributed by atoms with Crippen molar-refractivity contribution in [1.29, 1.82) is 0 Å². The summed E-state index contributed by atoms with van der Waals surface area (Å²) in [6.07, 6.45) is 13.8. The van der Waals surface area contributed by atoms with Crippen molar-refractivity contribution in [3.8, 4) is 0 Å². The van der Waals surface area contributed by atoms with E-state index >= 15 is 0 Å². The number of rotatable bonds is 6. The third kappa shape index (κ3) is 5.47. The predicted octanol–water partition coefficient (Wildman–Crippen LogP) is 5.70. The highest BCUT2D eigenvalue weighted by atomic mass is 16.3. The molecule has 3 aliphatic rings. The lowest BCUT2D eigenvalue weighted by Crippen LogP contribution is -2.37. The summed E-state index contributed by atoms with van der Waals surface area (Å²) in [6, 6.07) is 0.